The van der Waals surface area contributed by atoms with Crippen LogP contribution in [-0.2, 0) is 57.6 Å². The van der Waals surface area contributed by atoms with Crippen molar-refractivity contribution in [3.63, 3.8) is 0 Å². The van der Waals surface area contributed by atoms with E-state index in [9.17, 15) is 48.6 Å². The monoisotopic (exact) mass is 892 g/mol. The van der Waals surface area contributed by atoms with Gasteiger partial charge in [-0.25, -0.2) is 0 Å². The van der Waals surface area contributed by atoms with Crippen molar-refractivity contribution in [2.75, 3.05) is 6.54 Å². The molecule has 6 amide bonds. The lowest BCUT2D eigenvalue weighted by Gasteiger charge is -2.38. The average molecular weight is 893 g/mol. The number of H-pyrrole nitrogens is 1. The fraction of sp³-hybridized carbons (Fsp3) is 0.404. The SMILES string of the molecule is CCCC[C@H](NC(=O)[C@@H](N)Cc1ccc(O)cc1)C(=O)NCC(=O)N[C@@H](Cc1c[nH]c2ccccc12)C(=O)[C@H]1CC[C@@H]2C[C@@H](C(=O)O)C(C(=O)N[C@@H](Cc3ccccc3)C(N)=O)N2C1=O. The van der Waals surface area contributed by atoms with Crippen LogP contribution >= 0.6 is 0 Å². The van der Waals surface area contributed by atoms with Gasteiger partial charge in [-0.2, -0.15) is 0 Å². The summed E-state index contributed by atoms with van der Waals surface area (Å²) in [6, 6.07) is 15.4. The van der Waals surface area contributed by atoms with Gasteiger partial charge in [0.25, 0.3) is 0 Å². The number of phenols is 1. The quantitative estimate of drug-likeness (QED) is 0.0535. The summed E-state index contributed by atoms with van der Waals surface area (Å²) >= 11 is 0. The molecule has 0 radical (unpaired) electrons. The van der Waals surface area contributed by atoms with Crippen LogP contribution in [0.5, 0.6) is 5.75 Å². The maximum Gasteiger partial charge on any atom is 0.309 e. The predicted octanol–water partition coefficient (Wildman–Crippen LogP) is 1.12. The normalized spacial score (nSPS) is 19.8. The summed E-state index contributed by atoms with van der Waals surface area (Å²) in [5.41, 5.74) is 14.6. The lowest BCUT2D eigenvalue weighted by atomic mass is 9.84. The first kappa shape index (κ1) is 47.4. The van der Waals surface area contributed by atoms with E-state index in [4.69, 9.17) is 11.5 Å². The molecule has 8 atom stereocenters. The number of ketones is 1. The number of carboxylic acids is 1. The van der Waals surface area contributed by atoms with Gasteiger partial charge in [0.1, 0.15) is 23.9 Å². The highest BCUT2D eigenvalue weighted by Gasteiger charge is 2.55. The second-order valence-corrected chi connectivity index (χ2v) is 16.8. The third-order valence-corrected chi connectivity index (χ3v) is 12.2. The molecule has 11 N–H and O–H groups in total. The molecule has 18 heteroatoms. The summed E-state index contributed by atoms with van der Waals surface area (Å²) in [5.74, 6) is -9.19. The number of amides is 6. The number of para-hydroxylation sites is 1. The summed E-state index contributed by atoms with van der Waals surface area (Å²) in [7, 11) is 0. The molecule has 3 heterocycles. The van der Waals surface area contributed by atoms with E-state index in [-0.39, 0.29) is 50.7 Å². The van der Waals surface area contributed by atoms with E-state index in [1.165, 1.54) is 12.1 Å². The van der Waals surface area contributed by atoms with Crippen LogP contribution in [0.3, 0.4) is 0 Å². The number of nitrogens with one attached hydrogen (secondary N) is 5. The van der Waals surface area contributed by atoms with Crippen molar-refractivity contribution in [2.24, 2.45) is 23.3 Å². The molecule has 18 nitrogen and oxygen atoms in total. The first-order chi connectivity index (χ1) is 31.1. The summed E-state index contributed by atoms with van der Waals surface area (Å²) < 4.78 is 0. The number of benzene rings is 3. The molecule has 6 rings (SSSR count). The number of aliphatic carboxylic acids is 1. The van der Waals surface area contributed by atoms with Crippen LogP contribution in [-0.4, -0.2) is 110 Å². The predicted molar refractivity (Wildman–Crippen MR) is 237 cm³/mol. The zero-order valence-electron chi connectivity index (χ0n) is 36.0. The van der Waals surface area contributed by atoms with Crippen LogP contribution in [0, 0.1) is 11.8 Å². The maximum absolute atomic E-state index is 14.6. The van der Waals surface area contributed by atoms with E-state index < -0.39 is 102 Å². The number of aromatic amines is 1. The highest BCUT2D eigenvalue weighted by Crippen LogP contribution is 2.39. The van der Waals surface area contributed by atoms with Crippen LogP contribution in [0.2, 0.25) is 0 Å². The number of aromatic hydroxyl groups is 1. The van der Waals surface area contributed by atoms with Gasteiger partial charge in [0.05, 0.1) is 30.5 Å². The Bertz CT molecular complexity index is 2390. The molecule has 1 aromatic heterocycles. The second kappa shape index (κ2) is 21.5. The van der Waals surface area contributed by atoms with Gasteiger partial charge in [-0.1, -0.05) is 80.4 Å². The molecule has 2 aliphatic rings. The van der Waals surface area contributed by atoms with Gasteiger partial charge in [0, 0.05) is 36.0 Å². The molecule has 4 aromatic rings. The Labute approximate surface area is 375 Å². The lowest BCUT2D eigenvalue weighted by Crippen LogP contribution is -2.60. The molecular formula is C47H56N8O10. The van der Waals surface area contributed by atoms with Crippen LogP contribution in [0.15, 0.2) is 85.1 Å². The van der Waals surface area contributed by atoms with Crippen molar-refractivity contribution in [1.29, 1.82) is 0 Å². The number of nitrogens with zero attached hydrogens (tertiary/aromatic N) is 1. The van der Waals surface area contributed by atoms with E-state index in [1.54, 1.807) is 48.7 Å². The molecule has 344 valence electrons. The molecular weight excluding hydrogens is 837 g/mol. The Balaban J connectivity index is 1.17. The number of fused-ring (bicyclic) bond motifs is 2. The van der Waals surface area contributed by atoms with Gasteiger partial charge in [0.15, 0.2) is 5.78 Å². The zero-order chi connectivity index (χ0) is 46.8. The Kier molecular flexibility index (Phi) is 15.7. The summed E-state index contributed by atoms with van der Waals surface area (Å²) in [6.45, 7) is 1.33. The number of phenolic OH excluding ortho intramolecular Hbond substituents is 1. The molecule has 2 saturated heterocycles. The molecule has 65 heavy (non-hydrogen) atoms. The van der Waals surface area contributed by atoms with E-state index in [0.29, 0.717) is 29.5 Å². The van der Waals surface area contributed by atoms with Crippen LogP contribution in [0.25, 0.3) is 10.9 Å². The molecule has 2 aliphatic heterocycles. The third-order valence-electron chi connectivity index (χ3n) is 12.2. The van der Waals surface area contributed by atoms with Crippen molar-refractivity contribution < 1.29 is 48.6 Å². The summed E-state index contributed by atoms with van der Waals surface area (Å²) in [4.78, 5) is 113. The minimum atomic E-state index is -1.56. The van der Waals surface area contributed by atoms with Gasteiger partial charge in [-0.15, -0.1) is 0 Å². The number of Topliss-reactive ketones (excluding diaryl/α,β-unsaturated/α-hetero) is 1. The first-order valence-corrected chi connectivity index (χ1v) is 21.8. The van der Waals surface area contributed by atoms with Crippen LogP contribution < -0.4 is 32.7 Å². The number of aromatic nitrogens is 1. The van der Waals surface area contributed by atoms with Crippen molar-refractivity contribution in [3.05, 3.63) is 102 Å². The minimum Gasteiger partial charge on any atom is -0.508 e. The molecule has 0 saturated carbocycles. The van der Waals surface area contributed by atoms with Gasteiger partial charge in [0.2, 0.25) is 35.4 Å². The average Bonchev–Trinajstić information content (AvgIpc) is 3.90. The van der Waals surface area contributed by atoms with Crippen molar-refractivity contribution >= 4 is 58.1 Å². The Morgan fingerprint density at radius 1 is 0.815 bits per heavy atom. The van der Waals surface area contributed by atoms with Gasteiger partial charge >= 0.3 is 5.97 Å². The molecule has 3 aromatic carbocycles. The van der Waals surface area contributed by atoms with Crippen molar-refractivity contribution in [3.8, 4) is 5.75 Å². The highest BCUT2D eigenvalue weighted by molar-refractivity contribution is 6.08. The molecule has 0 spiro atoms. The van der Waals surface area contributed by atoms with Crippen molar-refractivity contribution in [2.45, 2.75) is 101 Å². The summed E-state index contributed by atoms with van der Waals surface area (Å²) in [5, 5.41) is 31.1. The Morgan fingerprint density at radius 3 is 2.20 bits per heavy atom. The standard InChI is InChI=1S/C47H56N8O10/c1-2-3-12-36(53-43(60)34(48)20-27-14-17-30(56)18-15-27)44(61)51-25-39(57)52-37(22-28-24-50-35-13-8-7-11-31(28)35)41(58)32-19-16-29-23-33(47(64)65)40(55(29)46(32)63)45(62)54-38(42(49)59)21-26-9-5-4-6-10-26/h4-11,13-15,17-18,24,29,32-34,36-38,40,50,56H,2-3,12,16,19-23,25,48H2,1H3,(H2,49,59)(H,51,61)(H,52,57)(H,53,60)(H,54,62)(H,64,65)/t29-,32-,33-,34+,36+,37+,38+,40?/m1/s1. The van der Waals surface area contributed by atoms with Crippen molar-refractivity contribution in [1.82, 2.24) is 31.2 Å². The fourth-order valence-corrected chi connectivity index (χ4v) is 8.79. The number of hydrogen-bond acceptors (Lipinski definition) is 10. The number of carbonyl (C=O) groups excluding carboxylic acids is 7. The lowest BCUT2D eigenvalue weighted by molar-refractivity contribution is -0.154. The number of carbonyl (C=O) groups is 8. The first-order valence-electron chi connectivity index (χ1n) is 21.8. The molecule has 0 bridgehead atoms. The molecule has 0 aliphatic carbocycles. The number of piperidine rings is 1. The maximum atomic E-state index is 14.6. The van der Waals surface area contributed by atoms with Crippen LogP contribution in [0.1, 0.15) is 62.1 Å². The number of primary amides is 1. The zero-order valence-corrected chi connectivity index (χ0v) is 36.0. The van der Waals surface area contributed by atoms with E-state index in [0.717, 1.165) is 15.8 Å². The van der Waals surface area contributed by atoms with E-state index in [2.05, 4.69) is 26.3 Å². The topological polar surface area (TPSA) is 296 Å². The van der Waals surface area contributed by atoms with Gasteiger partial charge < -0.3 is 52.8 Å². The largest absolute Gasteiger partial charge is 0.508 e. The highest BCUT2D eigenvalue weighted by atomic mass is 16.4. The summed E-state index contributed by atoms with van der Waals surface area (Å²) in [6.07, 6.45) is 3.46. The fourth-order valence-electron chi connectivity index (χ4n) is 8.79. The minimum absolute atomic E-state index is 0.0160. The number of carboxylic acid groups (broad SMARTS) is 1. The van der Waals surface area contributed by atoms with Crippen LogP contribution in [0.4, 0.5) is 0 Å². The third kappa shape index (κ3) is 11.7. The number of unbranched alkanes of at least 4 members (excludes halogenated alkanes) is 1. The molecule has 1 unspecified atom stereocenters. The van der Waals surface area contributed by atoms with Gasteiger partial charge in [-0.05, 0) is 67.0 Å². The molecule has 2 fully saturated rings. The Hall–Kier alpha value is -7.08. The number of rotatable bonds is 21. The van der Waals surface area contributed by atoms with E-state index >= 15 is 0 Å². The van der Waals surface area contributed by atoms with Gasteiger partial charge in [-0.3, -0.25) is 38.4 Å². The smallest absolute Gasteiger partial charge is 0.309 e. The second-order valence-electron chi connectivity index (χ2n) is 16.8. The number of nitrogens with two attached hydrogens (primary N) is 2. The van der Waals surface area contributed by atoms with E-state index in [1.807, 2.05) is 31.2 Å². The number of hydrogen-bond donors (Lipinski definition) is 9. The Morgan fingerprint density at radius 2 is 1.51 bits per heavy atom.